The van der Waals surface area contributed by atoms with E-state index in [2.05, 4.69) is 72.8 Å². The van der Waals surface area contributed by atoms with Gasteiger partial charge in [-0.1, -0.05) is 84.9 Å². The smallest absolute Gasteiger partial charge is 0.132 e. The SMILES string of the molecule is Oc1ccc(-c2ccc3c(c2)C2(c4ccccc4Oc4ccccc42)c2cc(-c4ccc(O)cc4)ccc2-3)cc1. The number of ether oxygens (including phenoxy) is 1. The minimum Gasteiger partial charge on any atom is -0.508 e. The van der Waals surface area contributed by atoms with Crippen LogP contribution in [0, 0.1) is 0 Å². The van der Waals surface area contributed by atoms with Crippen molar-refractivity contribution in [1.29, 1.82) is 0 Å². The number of aromatic hydroxyl groups is 2. The van der Waals surface area contributed by atoms with E-state index in [-0.39, 0.29) is 11.5 Å². The fraction of sp³-hybridized carbons (Fsp3) is 0.0270. The number of phenolic OH excluding ortho intramolecular Hbond substituents is 2. The molecule has 6 aromatic rings. The van der Waals surface area contributed by atoms with E-state index in [9.17, 15) is 10.2 Å². The molecule has 0 bridgehead atoms. The molecule has 3 heteroatoms. The Bertz CT molecular complexity index is 1790. The molecule has 190 valence electrons. The summed E-state index contributed by atoms with van der Waals surface area (Å²) in [5.74, 6) is 2.21. The Morgan fingerprint density at radius 2 is 0.800 bits per heavy atom. The largest absolute Gasteiger partial charge is 0.508 e. The monoisotopic (exact) mass is 516 g/mol. The molecule has 0 aromatic heterocycles. The van der Waals surface area contributed by atoms with Gasteiger partial charge in [0.05, 0.1) is 5.41 Å². The molecule has 2 aliphatic rings. The minimum atomic E-state index is -0.587. The van der Waals surface area contributed by atoms with Crippen molar-refractivity contribution in [1.82, 2.24) is 0 Å². The van der Waals surface area contributed by atoms with E-state index in [1.807, 2.05) is 36.4 Å². The molecule has 1 heterocycles. The van der Waals surface area contributed by atoms with Crippen molar-refractivity contribution >= 4 is 0 Å². The maximum absolute atomic E-state index is 9.90. The zero-order chi connectivity index (χ0) is 26.8. The van der Waals surface area contributed by atoms with Gasteiger partial charge < -0.3 is 14.9 Å². The average molecular weight is 517 g/mol. The van der Waals surface area contributed by atoms with E-state index >= 15 is 0 Å². The van der Waals surface area contributed by atoms with Crippen LogP contribution >= 0.6 is 0 Å². The second-order valence-electron chi connectivity index (χ2n) is 10.5. The van der Waals surface area contributed by atoms with Crippen molar-refractivity contribution in [2.45, 2.75) is 5.41 Å². The summed E-state index contributed by atoms with van der Waals surface area (Å²) in [5.41, 5.74) is 10.7. The number of fused-ring (bicyclic) bond motifs is 9. The van der Waals surface area contributed by atoms with Crippen LogP contribution in [0.15, 0.2) is 133 Å². The molecule has 0 saturated heterocycles. The van der Waals surface area contributed by atoms with Crippen LogP contribution in [0.4, 0.5) is 0 Å². The molecule has 6 aromatic carbocycles. The van der Waals surface area contributed by atoms with Gasteiger partial charge in [-0.15, -0.1) is 0 Å². The van der Waals surface area contributed by atoms with Crippen molar-refractivity contribution in [3.63, 3.8) is 0 Å². The predicted octanol–water partition coefficient (Wildman–Crippen LogP) is 8.90. The standard InChI is InChI=1S/C37H24O3/c38-27-15-9-23(10-16-27)25-13-19-29-30-20-14-26(24-11-17-28(39)18-12-24)22-34(30)37(33(29)21-25)31-5-1-3-7-35(31)40-36-8-4-2-6-32(36)37/h1-22,38-39H. The van der Waals surface area contributed by atoms with Gasteiger partial charge in [-0.3, -0.25) is 0 Å². The summed E-state index contributed by atoms with van der Waals surface area (Å²) < 4.78 is 6.49. The first kappa shape index (κ1) is 22.7. The van der Waals surface area contributed by atoms with E-state index in [4.69, 9.17) is 4.74 Å². The Labute approximate surface area is 232 Å². The third kappa shape index (κ3) is 3.12. The third-order valence-corrected chi connectivity index (χ3v) is 8.34. The van der Waals surface area contributed by atoms with Crippen LogP contribution < -0.4 is 4.74 Å². The number of benzene rings is 6. The summed E-state index contributed by atoms with van der Waals surface area (Å²) in [6.45, 7) is 0. The van der Waals surface area contributed by atoms with Gasteiger partial charge in [0, 0.05) is 11.1 Å². The van der Waals surface area contributed by atoms with Gasteiger partial charge in [-0.25, -0.2) is 0 Å². The molecule has 3 nitrogen and oxygen atoms in total. The summed E-state index contributed by atoms with van der Waals surface area (Å²) in [6, 6.07) is 44.9. The Kier molecular flexibility index (Phi) is 4.74. The molecule has 1 spiro atoms. The fourth-order valence-corrected chi connectivity index (χ4v) is 6.57. The highest BCUT2D eigenvalue weighted by molar-refractivity contribution is 5.91. The fourth-order valence-electron chi connectivity index (χ4n) is 6.57. The predicted molar refractivity (Wildman–Crippen MR) is 158 cm³/mol. The van der Waals surface area contributed by atoms with Gasteiger partial charge in [0.25, 0.3) is 0 Å². The number of para-hydroxylation sites is 2. The van der Waals surface area contributed by atoms with Gasteiger partial charge in [-0.05, 0) is 93.0 Å². The minimum absolute atomic E-state index is 0.253. The average Bonchev–Trinajstić information content (AvgIpc) is 3.28. The van der Waals surface area contributed by atoms with Crippen LogP contribution in [0.1, 0.15) is 22.3 Å². The maximum atomic E-state index is 9.90. The first-order valence-electron chi connectivity index (χ1n) is 13.4. The number of rotatable bonds is 2. The van der Waals surface area contributed by atoms with E-state index in [0.717, 1.165) is 44.9 Å². The van der Waals surface area contributed by atoms with Crippen molar-refractivity contribution in [2.75, 3.05) is 0 Å². The Balaban J connectivity index is 1.48. The molecule has 0 fully saturated rings. The van der Waals surface area contributed by atoms with Crippen LogP contribution in [0.25, 0.3) is 33.4 Å². The van der Waals surface area contributed by atoms with Gasteiger partial charge in [0.1, 0.15) is 23.0 Å². The van der Waals surface area contributed by atoms with E-state index in [1.54, 1.807) is 24.3 Å². The maximum Gasteiger partial charge on any atom is 0.132 e. The van der Waals surface area contributed by atoms with Crippen LogP contribution in [-0.4, -0.2) is 10.2 Å². The van der Waals surface area contributed by atoms with Gasteiger partial charge >= 0.3 is 0 Å². The number of hydrogen-bond acceptors (Lipinski definition) is 3. The molecular weight excluding hydrogens is 492 g/mol. The van der Waals surface area contributed by atoms with Crippen LogP contribution in [-0.2, 0) is 5.41 Å². The third-order valence-electron chi connectivity index (χ3n) is 8.34. The Morgan fingerprint density at radius 3 is 1.25 bits per heavy atom. The molecule has 0 radical (unpaired) electrons. The Morgan fingerprint density at radius 1 is 0.400 bits per heavy atom. The molecule has 0 unspecified atom stereocenters. The van der Waals surface area contributed by atoms with Crippen LogP contribution in [0.2, 0.25) is 0 Å². The summed E-state index contributed by atoms with van der Waals surface area (Å²) >= 11 is 0. The molecule has 0 saturated carbocycles. The van der Waals surface area contributed by atoms with Gasteiger partial charge in [0.2, 0.25) is 0 Å². The molecule has 1 aliphatic heterocycles. The van der Waals surface area contributed by atoms with E-state index < -0.39 is 5.41 Å². The molecular formula is C37H24O3. The van der Waals surface area contributed by atoms with Crippen molar-refractivity contribution in [2.24, 2.45) is 0 Å². The van der Waals surface area contributed by atoms with Crippen LogP contribution in [0.5, 0.6) is 23.0 Å². The molecule has 8 rings (SSSR count). The van der Waals surface area contributed by atoms with Crippen molar-refractivity contribution in [3.8, 4) is 56.4 Å². The molecule has 0 amide bonds. The zero-order valence-corrected chi connectivity index (χ0v) is 21.5. The summed E-state index contributed by atoms with van der Waals surface area (Å²) in [6.07, 6.45) is 0. The Hall–Kier alpha value is -5.28. The lowest BCUT2D eigenvalue weighted by molar-refractivity contribution is 0.436. The van der Waals surface area contributed by atoms with E-state index in [0.29, 0.717) is 0 Å². The lowest BCUT2D eigenvalue weighted by Gasteiger charge is -2.39. The van der Waals surface area contributed by atoms with Gasteiger partial charge in [-0.2, -0.15) is 0 Å². The second kappa shape index (κ2) is 8.36. The normalized spacial score (nSPS) is 13.6. The highest BCUT2D eigenvalue weighted by Gasteiger charge is 2.51. The number of phenols is 2. The topological polar surface area (TPSA) is 49.7 Å². The lowest BCUT2D eigenvalue weighted by atomic mass is 9.65. The molecule has 2 N–H and O–H groups in total. The quantitative estimate of drug-likeness (QED) is 0.241. The highest BCUT2D eigenvalue weighted by Crippen LogP contribution is 2.62. The van der Waals surface area contributed by atoms with E-state index in [1.165, 1.54) is 22.3 Å². The first-order chi connectivity index (χ1) is 19.6. The lowest BCUT2D eigenvalue weighted by Crippen LogP contribution is -2.32. The summed E-state index contributed by atoms with van der Waals surface area (Å²) in [4.78, 5) is 0. The van der Waals surface area contributed by atoms with Crippen molar-refractivity contribution in [3.05, 3.63) is 156 Å². The van der Waals surface area contributed by atoms with Crippen molar-refractivity contribution < 1.29 is 14.9 Å². The first-order valence-corrected chi connectivity index (χ1v) is 13.4. The number of hydrogen-bond donors (Lipinski definition) is 2. The van der Waals surface area contributed by atoms with Crippen LogP contribution in [0.3, 0.4) is 0 Å². The second-order valence-corrected chi connectivity index (χ2v) is 10.5. The van der Waals surface area contributed by atoms with Gasteiger partial charge in [0.15, 0.2) is 0 Å². The summed E-state index contributed by atoms with van der Waals surface area (Å²) in [5, 5.41) is 19.8. The molecule has 40 heavy (non-hydrogen) atoms. The zero-order valence-electron chi connectivity index (χ0n) is 21.5. The highest BCUT2D eigenvalue weighted by atomic mass is 16.5. The molecule has 0 atom stereocenters. The summed E-state index contributed by atoms with van der Waals surface area (Å²) in [7, 11) is 0. The molecule has 1 aliphatic carbocycles.